The van der Waals surface area contributed by atoms with Crippen LogP contribution in [0.15, 0.2) is 24.3 Å². The lowest BCUT2D eigenvalue weighted by Crippen LogP contribution is -2.53. The Labute approximate surface area is 130 Å². The van der Waals surface area contributed by atoms with Crippen LogP contribution < -0.4 is 10.6 Å². The summed E-state index contributed by atoms with van der Waals surface area (Å²) >= 11 is 5.78. The van der Waals surface area contributed by atoms with Crippen LogP contribution in [-0.4, -0.2) is 23.1 Å². The number of hydrogen-bond acceptors (Lipinski definition) is 3. The number of alkyl carbamates (subject to hydrolysis) is 1. The predicted molar refractivity (Wildman–Crippen MR) is 83.5 cm³/mol. The van der Waals surface area contributed by atoms with E-state index in [0.29, 0.717) is 10.7 Å². The van der Waals surface area contributed by atoms with Crippen molar-refractivity contribution in [1.82, 2.24) is 5.32 Å². The van der Waals surface area contributed by atoms with Gasteiger partial charge in [-0.15, -0.1) is 0 Å². The number of halogens is 1. The van der Waals surface area contributed by atoms with Gasteiger partial charge in [-0.25, -0.2) is 4.79 Å². The normalized spacial score (nSPS) is 11.7. The number of hydrogen-bond donors (Lipinski definition) is 2. The van der Waals surface area contributed by atoms with E-state index in [4.69, 9.17) is 16.3 Å². The molecule has 0 radical (unpaired) electrons. The van der Waals surface area contributed by atoms with Gasteiger partial charge in [0.15, 0.2) is 0 Å². The summed E-state index contributed by atoms with van der Waals surface area (Å²) in [7, 11) is 0. The highest BCUT2D eigenvalue weighted by atomic mass is 35.5. The molecule has 1 rings (SSSR count). The minimum Gasteiger partial charge on any atom is -0.444 e. The van der Waals surface area contributed by atoms with Crippen molar-refractivity contribution in [2.24, 2.45) is 0 Å². The topological polar surface area (TPSA) is 67.4 Å². The van der Waals surface area contributed by atoms with E-state index in [2.05, 4.69) is 10.6 Å². The van der Waals surface area contributed by atoms with Gasteiger partial charge in [-0.1, -0.05) is 11.6 Å². The lowest BCUT2D eigenvalue weighted by atomic mass is 10.0. The van der Waals surface area contributed by atoms with Crippen molar-refractivity contribution in [3.8, 4) is 0 Å². The van der Waals surface area contributed by atoms with Gasteiger partial charge in [-0.2, -0.15) is 0 Å². The second-order valence-electron chi connectivity index (χ2n) is 6.21. The highest BCUT2D eigenvalue weighted by Crippen LogP contribution is 2.16. The molecule has 2 amide bonds. The summed E-state index contributed by atoms with van der Waals surface area (Å²) in [6.07, 6.45) is -0.640. The molecule has 0 fully saturated rings. The van der Waals surface area contributed by atoms with Crippen LogP contribution in [0.2, 0.25) is 5.02 Å². The molecule has 2 N–H and O–H groups in total. The summed E-state index contributed by atoms with van der Waals surface area (Å²) in [5.41, 5.74) is -1.13. The standard InChI is InChI=1S/C15H21ClN2O3/c1-14(2,3)21-13(20)18-15(4,5)12(19)17-11-8-6-10(16)7-9-11/h6-9H,1-5H3,(H,17,19)(H,18,20). The molecule has 0 aromatic heterocycles. The zero-order valence-electron chi connectivity index (χ0n) is 12.9. The lowest BCUT2D eigenvalue weighted by molar-refractivity contribution is -0.121. The average Bonchev–Trinajstić information content (AvgIpc) is 2.28. The average molecular weight is 313 g/mol. The predicted octanol–water partition coefficient (Wildman–Crippen LogP) is 3.58. The van der Waals surface area contributed by atoms with E-state index in [1.807, 2.05) is 0 Å². The number of nitrogens with one attached hydrogen (secondary N) is 2. The number of anilines is 1. The van der Waals surface area contributed by atoms with Crippen LogP contribution in [0.25, 0.3) is 0 Å². The highest BCUT2D eigenvalue weighted by molar-refractivity contribution is 6.30. The molecular weight excluding hydrogens is 292 g/mol. The second kappa shape index (κ2) is 6.35. The summed E-state index contributed by atoms with van der Waals surface area (Å²) in [6.45, 7) is 8.47. The Bertz CT molecular complexity index is 519. The van der Waals surface area contributed by atoms with Crippen LogP contribution in [0.1, 0.15) is 34.6 Å². The third kappa shape index (κ3) is 6.04. The Kier molecular flexibility index (Phi) is 5.23. The molecule has 1 aromatic carbocycles. The first-order valence-electron chi connectivity index (χ1n) is 6.58. The van der Waals surface area contributed by atoms with E-state index < -0.39 is 17.2 Å². The van der Waals surface area contributed by atoms with Crippen molar-refractivity contribution in [3.63, 3.8) is 0 Å². The zero-order chi connectivity index (χ0) is 16.3. The number of rotatable bonds is 3. The largest absolute Gasteiger partial charge is 0.444 e. The van der Waals surface area contributed by atoms with Gasteiger partial charge in [-0.05, 0) is 58.9 Å². The van der Waals surface area contributed by atoms with Crippen LogP contribution in [0.4, 0.5) is 10.5 Å². The van der Waals surface area contributed by atoms with Gasteiger partial charge in [0.2, 0.25) is 5.91 Å². The van der Waals surface area contributed by atoms with Gasteiger partial charge in [-0.3, -0.25) is 4.79 Å². The van der Waals surface area contributed by atoms with E-state index in [1.165, 1.54) is 0 Å². The van der Waals surface area contributed by atoms with Crippen LogP contribution in [-0.2, 0) is 9.53 Å². The number of carbonyl (C=O) groups is 2. The van der Waals surface area contributed by atoms with Crippen molar-refractivity contribution < 1.29 is 14.3 Å². The van der Waals surface area contributed by atoms with Gasteiger partial charge < -0.3 is 15.4 Å². The molecule has 0 saturated heterocycles. The van der Waals surface area contributed by atoms with Gasteiger partial charge in [0.1, 0.15) is 11.1 Å². The molecule has 0 heterocycles. The molecule has 21 heavy (non-hydrogen) atoms. The van der Waals surface area contributed by atoms with E-state index in [1.54, 1.807) is 58.9 Å². The summed E-state index contributed by atoms with van der Waals surface area (Å²) < 4.78 is 5.14. The van der Waals surface area contributed by atoms with Crippen molar-refractivity contribution in [1.29, 1.82) is 0 Å². The molecule has 0 bridgehead atoms. The van der Waals surface area contributed by atoms with Gasteiger partial charge in [0, 0.05) is 10.7 Å². The molecule has 6 heteroatoms. The second-order valence-corrected chi connectivity index (χ2v) is 6.65. The van der Waals surface area contributed by atoms with E-state index >= 15 is 0 Å². The van der Waals surface area contributed by atoms with Gasteiger partial charge in [0.25, 0.3) is 0 Å². The lowest BCUT2D eigenvalue weighted by Gasteiger charge is -2.27. The first-order chi connectivity index (χ1) is 9.49. The summed E-state index contributed by atoms with van der Waals surface area (Å²) in [4.78, 5) is 24.0. The van der Waals surface area contributed by atoms with Gasteiger partial charge >= 0.3 is 6.09 Å². The fraction of sp³-hybridized carbons (Fsp3) is 0.467. The van der Waals surface area contributed by atoms with Crippen LogP contribution >= 0.6 is 11.6 Å². The highest BCUT2D eigenvalue weighted by Gasteiger charge is 2.31. The van der Waals surface area contributed by atoms with Crippen LogP contribution in [0.5, 0.6) is 0 Å². The van der Waals surface area contributed by atoms with Crippen molar-refractivity contribution in [3.05, 3.63) is 29.3 Å². The Morgan fingerprint density at radius 2 is 1.57 bits per heavy atom. The third-order valence-electron chi connectivity index (χ3n) is 2.48. The Hall–Kier alpha value is -1.75. The maximum absolute atomic E-state index is 12.2. The van der Waals surface area contributed by atoms with E-state index in [9.17, 15) is 9.59 Å². The summed E-state index contributed by atoms with van der Waals surface area (Å²) in [5.74, 6) is -0.351. The molecule has 0 atom stereocenters. The molecule has 0 saturated carbocycles. The summed E-state index contributed by atoms with van der Waals surface area (Å²) in [5, 5.41) is 5.84. The molecule has 0 aliphatic carbocycles. The Balaban J connectivity index is 2.66. The van der Waals surface area contributed by atoms with E-state index in [0.717, 1.165) is 0 Å². The molecule has 0 aliphatic rings. The first kappa shape index (κ1) is 17.3. The summed E-state index contributed by atoms with van der Waals surface area (Å²) in [6, 6.07) is 6.71. The zero-order valence-corrected chi connectivity index (χ0v) is 13.7. The number of carbonyl (C=O) groups excluding carboxylic acids is 2. The van der Waals surface area contributed by atoms with Gasteiger partial charge in [0.05, 0.1) is 0 Å². The van der Waals surface area contributed by atoms with E-state index in [-0.39, 0.29) is 5.91 Å². The molecule has 5 nitrogen and oxygen atoms in total. The molecule has 0 aliphatic heterocycles. The first-order valence-corrected chi connectivity index (χ1v) is 6.95. The fourth-order valence-corrected chi connectivity index (χ4v) is 1.56. The van der Waals surface area contributed by atoms with Crippen LogP contribution in [0.3, 0.4) is 0 Å². The number of ether oxygens (including phenoxy) is 1. The quantitative estimate of drug-likeness (QED) is 0.896. The third-order valence-corrected chi connectivity index (χ3v) is 2.74. The number of benzene rings is 1. The number of amides is 2. The van der Waals surface area contributed by atoms with Crippen molar-refractivity contribution in [2.45, 2.75) is 45.8 Å². The molecular formula is C15H21ClN2O3. The molecule has 0 spiro atoms. The molecule has 0 unspecified atom stereocenters. The van der Waals surface area contributed by atoms with Crippen molar-refractivity contribution >= 4 is 29.3 Å². The Morgan fingerprint density at radius 3 is 2.05 bits per heavy atom. The minimum absolute atomic E-state index is 0.351. The van der Waals surface area contributed by atoms with Crippen molar-refractivity contribution in [2.75, 3.05) is 5.32 Å². The Morgan fingerprint density at radius 1 is 1.05 bits per heavy atom. The smallest absolute Gasteiger partial charge is 0.408 e. The SMILES string of the molecule is CC(C)(C)OC(=O)NC(C)(C)C(=O)Nc1ccc(Cl)cc1. The minimum atomic E-state index is -1.11. The fourth-order valence-electron chi connectivity index (χ4n) is 1.44. The maximum Gasteiger partial charge on any atom is 0.408 e. The maximum atomic E-state index is 12.2. The molecule has 1 aromatic rings. The van der Waals surface area contributed by atoms with Crippen LogP contribution in [0, 0.1) is 0 Å². The molecule has 116 valence electrons. The monoisotopic (exact) mass is 312 g/mol.